The van der Waals surface area contributed by atoms with Crippen LogP contribution in [0.5, 0.6) is 0 Å². The fourth-order valence-corrected chi connectivity index (χ4v) is 3.22. The summed E-state index contributed by atoms with van der Waals surface area (Å²) in [6.45, 7) is 4.31. The molecular weight excluding hydrogens is 348 g/mol. The number of hydrogen-bond donors (Lipinski definition) is 1. The van der Waals surface area contributed by atoms with E-state index in [0.29, 0.717) is 23.6 Å². The molecule has 0 aliphatic rings. The van der Waals surface area contributed by atoms with Gasteiger partial charge in [-0.2, -0.15) is 0 Å². The van der Waals surface area contributed by atoms with Crippen LogP contribution in [0.1, 0.15) is 54.0 Å². The zero-order chi connectivity index (χ0) is 18.5. The summed E-state index contributed by atoms with van der Waals surface area (Å²) >= 11 is 6.33. The second-order valence-electron chi connectivity index (χ2n) is 6.31. The van der Waals surface area contributed by atoms with Gasteiger partial charge in [0.25, 0.3) is 0 Å². The van der Waals surface area contributed by atoms with Crippen molar-refractivity contribution in [1.29, 1.82) is 0 Å². The molecule has 5 heteroatoms. The van der Waals surface area contributed by atoms with Crippen molar-refractivity contribution < 1.29 is 9.53 Å². The molecule has 0 saturated heterocycles. The van der Waals surface area contributed by atoms with Crippen LogP contribution in [-0.4, -0.2) is 22.5 Å². The average molecular weight is 371 g/mol. The first kappa shape index (κ1) is 18.5. The molecule has 0 aliphatic heterocycles. The van der Waals surface area contributed by atoms with Crippen LogP contribution in [-0.2, 0) is 17.6 Å². The quantitative estimate of drug-likeness (QED) is 0.572. The summed E-state index contributed by atoms with van der Waals surface area (Å²) in [6.07, 6.45) is 3.69. The van der Waals surface area contributed by atoms with E-state index < -0.39 is 0 Å². The van der Waals surface area contributed by atoms with Gasteiger partial charge in [-0.15, -0.1) is 0 Å². The Hall–Kier alpha value is -2.33. The molecule has 136 valence electrons. The number of aromatic amines is 1. The fraction of sp³-hybridized carbons (Fsp3) is 0.333. The Balaban J connectivity index is 2.06. The van der Waals surface area contributed by atoms with E-state index in [4.69, 9.17) is 21.3 Å². The molecule has 0 atom stereocenters. The Morgan fingerprint density at radius 2 is 2.00 bits per heavy atom. The standard InChI is InChI=1S/C21H23ClN2O2/c1-3-5-10-19-23-18-13-16(21(25)26-4-2)12-15(20(18)24-19)11-14-8-6-7-9-17(14)22/h6-9,12-13H,3-5,10-11H2,1-2H3,(H,23,24). The van der Waals surface area contributed by atoms with Gasteiger partial charge in [0.15, 0.2) is 0 Å². The predicted octanol–water partition coefficient (Wildman–Crippen LogP) is 5.33. The summed E-state index contributed by atoms with van der Waals surface area (Å²) in [5, 5.41) is 0.712. The summed E-state index contributed by atoms with van der Waals surface area (Å²) in [5.74, 6) is 0.628. The molecule has 0 amide bonds. The van der Waals surface area contributed by atoms with Crippen molar-refractivity contribution in [1.82, 2.24) is 9.97 Å². The number of nitrogens with one attached hydrogen (secondary N) is 1. The molecule has 0 bridgehead atoms. The van der Waals surface area contributed by atoms with Crippen LogP contribution in [0, 0.1) is 0 Å². The van der Waals surface area contributed by atoms with Crippen molar-refractivity contribution >= 4 is 28.6 Å². The summed E-state index contributed by atoms with van der Waals surface area (Å²) in [4.78, 5) is 20.4. The maximum Gasteiger partial charge on any atom is 0.338 e. The van der Waals surface area contributed by atoms with Gasteiger partial charge < -0.3 is 9.72 Å². The molecule has 0 aliphatic carbocycles. The lowest BCUT2D eigenvalue weighted by atomic mass is 10.0. The normalized spacial score (nSPS) is 11.0. The molecule has 0 radical (unpaired) electrons. The number of nitrogens with zero attached hydrogens (tertiary/aromatic N) is 1. The number of ether oxygens (including phenoxy) is 1. The summed E-state index contributed by atoms with van der Waals surface area (Å²) in [6, 6.07) is 11.4. The van der Waals surface area contributed by atoms with Gasteiger partial charge in [0.2, 0.25) is 0 Å². The molecule has 4 nitrogen and oxygen atoms in total. The van der Waals surface area contributed by atoms with Crippen LogP contribution in [0.15, 0.2) is 36.4 Å². The van der Waals surface area contributed by atoms with Crippen molar-refractivity contribution in [3.63, 3.8) is 0 Å². The van der Waals surface area contributed by atoms with Crippen LogP contribution < -0.4 is 0 Å². The lowest BCUT2D eigenvalue weighted by Crippen LogP contribution is -2.05. The summed E-state index contributed by atoms with van der Waals surface area (Å²) < 4.78 is 5.18. The number of carbonyl (C=O) groups is 1. The van der Waals surface area contributed by atoms with Crippen molar-refractivity contribution in [3.8, 4) is 0 Å². The first-order valence-corrected chi connectivity index (χ1v) is 9.42. The van der Waals surface area contributed by atoms with Gasteiger partial charge in [-0.3, -0.25) is 0 Å². The Bertz CT molecular complexity index is 918. The predicted molar refractivity (Wildman–Crippen MR) is 105 cm³/mol. The molecule has 0 fully saturated rings. The van der Waals surface area contributed by atoms with Crippen LogP contribution >= 0.6 is 11.6 Å². The number of H-pyrrole nitrogens is 1. The first-order valence-electron chi connectivity index (χ1n) is 9.04. The van der Waals surface area contributed by atoms with Crippen LogP contribution in [0.3, 0.4) is 0 Å². The molecule has 2 aromatic carbocycles. The smallest absolute Gasteiger partial charge is 0.338 e. The number of benzene rings is 2. The number of aryl methyl sites for hydroxylation is 1. The lowest BCUT2D eigenvalue weighted by Gasteiger charge is -2.08. The molecule has 3 aromatic rings. The number of esters is 1. The van der Waals surface area contributed by atoms with Crippen LogP contribution in [0.25, 0.3) is 11.0 Å². The van der Waals surface area contributed by atoms with Gasteiger partial charge in [-0.25, -0.2) is 9.78 Å². The largest absolute Gasteiger partial charge is 0.462 e. The number of fused-ring (bicyclic) bond motifs is 1. The molecule has 0 spiro atoms. The number of halogens is 1. The Morgan fingerprint density at radius 3 is 2.73 bits per heavy atom. The van der Waals surface area contributed by atoms with Gasteiger partial charge in [0.05, 0.1) is 23.2 Å². The maximum absolute atomic E-state index is 12.3. The van der Waals surface area contributed by atoms with E-state index >= 15 is 0 Å². The van der Waals surface area contributed by atoms with Crippen molar-refractivity contribution in [2.75, 3.05) is 6.61 Å². The van der Waals surface area contributed by atoms with Crippen LogP contribution in [0.4, 0.5) is 0 Å². The highest BCUT2D eigenvalue weighted by Crippen LogP contribution is 2.26. The molecular formula is C21H23ClN2O2. The third-order valence-corrected chi connectivity index (χ3v) is 4.70. The van der Waals surface area contributed by atoms with E-state index in [9.17, 15) is 4.79 Å². The van der Waals surface area contributed by atoms with Crippen molar-refractivity contribution in [2.45, 2.75) is 39.5 Å². The molecule has 0 unspecified atom stereocenters. The minimum atomic E-state index is -0.320. The summed E-state index contributed by atoms with van der Waals surface area (Å²) in [7, 11) is 0. The van der Waals surface area contributed by atoms with Gasteiger partial charge in [0, 0.05) is 17.9 Å². The van der Waals surface area contributed by atoms with Crippen molar-refractivity contribution in [3.05, 3.63) is 63.9 Å². The number of hydrogen-bond acceptors (Lipinski definition) is 3. The molecule has 1 aromatic heterocycles. The van der Waals surface area contributed by atoms with E-state index in [0.717, 1.165) is 47.2 Å². The van der Waals surface area contributed by atoms with Gasteiger partial charge in [0.1, 0.15) is 5.82 Å². The van der Waals surface area contributed by atoms with Crippen LogP contribution in [0.2, 0.25) is 5.02 Å². The topological polar surface area (TPSA) is 55.0 Å². The molecule has 3 rings (SSSR count). The monoisotopic (exact) mass is 370 g/mol. The Kier molecular flexibility index (Phi) is 5.94. The highest BCUT2D eigenvalue weighted by molar-refractivity contribution is 6.31. The second-order valence-corrected chi connectivity index (χ2v) is 6.71. The summed E-state index contributed by atoms with van der Waals surface area (Å²) in [5.41, 5.74) is 4.27. The Labute approximate surface area is 158 Å². The zero-order valence-corrected chi connectivity index (χ0v) is 15.9. The van der Waals surface area contributed by atoms with E-state index in [1.807, 2.05) is 36.4 Å². The first-order chi connectivity index (χ1) is 12.6. The molecule has 1 heterocycles. The number of unbranched alkanes of at least 4 members (excludes halogenated alkanes) is 1. The second kappa shape index (κ2) is 8.37. The minimum absolute atomic E-state index is 0.320. The average Bonchev–Trinajstić information content (AvgIpc) is 3.05. The van der Waals surface area contributed by atoms with E-state index in [1.54, 1.807) is 6.92 Å². The number of carbonyl (C=O) groups excluding carboxylic acids is 1. The third-order valence-electron chi connectivity index (χ3n) is 4.33. The highest BCUT2D eigenvalue weighted by Gasteiger charge is 2.15. The number of rotatable bonds is 7. The van der Waals surface area contributed by atoms with Gasteiger partial charge >= 0.3 is 5.97 Å². The molecule has 1 N–H and O–H groups in total. The van der Waals surface area contributed by atoms with E-state index in [2.05, 4.69) is 11.9 Å². The lowest BCUT2D eigenvalue weighted by molar-refractivity contribution is 0.0526. The third kappa shape index (κ3) is 4.07. The Morgan fingerprint density at radius 1 is 1.19 bits per heavy atom. The van der Waals surface area contributed by atoms with Gasteiger partial charge in [-0.05, 0) is 42.7 Å². The van der Waals surface area contributed by atoms with E-state index in [-0.39, 0.29) is 5.97 Å². The molecule has 26 heavy (non-hydrogen) atoms. The van der Waals surface area contributed by atoms with Gasteiger partial charge in [-0.1, -0.05) is 43.1 Å². The number of aromatic nitrogens is 2. The highest BCUT2D eigenvalue weighted by atomic mass is 35.5. The fourth-order valence-electron chi connectivity index (χ4n) is 3.02. The zero-order valence-electron chi connectivity index (χ0n) is 15.1. The SMILES string of the molecule is CCCCc1nc2c(Cc3ccccc3Cl)cc(C(=O)OCC)cc2[nH]1. The van der Waals surface area contributed by atoms with E-state index in [1.165, 1.54) is 0 Å². The maximum atomic E-state index is 12.3. The van der Waals surface area contributed by atoms with Crippen molar-refractivity contribution in [2.24, 2.45) is 0 Å². The minimum Gasteiger partial charge on any atom is -0.462 e. The number of imidazole rings is 1. The molecule has 0 saturated carbocycles.